The highest BCUT2D eigenvalue weighted by Gasteiger charge is 2.29. The van der Waals surface area contributed by atoms with Crippen LogP contribution in [-0.2, 0) is 11.3 Å². The molecule has 2 heterocycles. The molecule has 1 aromatic carbocycles. The van der Waals surface area contributed by atoms with Crippen LogP contribution in [0.2, 0.25) is 5.02 Å². The Morgan fingerprint density at radius 1 is 1.09 bits per heavy atom. The maximum Gasteiger partial charge on any atom is 0.225 e. The zero-order chi connectivity index (χ0) is 15.4. The molecule has 0 bridgehead atoms. The van der Waals surface area contributed by atoms with Gasteiger partial charge in [0.25, 0.3) is 0 Å². The highest BCUT2D eigenvalue weighted by Crippen LogP contribution is 2.23. The van der Waals surface area contributed by atoms with E-state index in [2.05, 4.69) is 15.9 Å². The fourth-order valence-electron chi connectivity index (χ4n) is 3.60. The topological polar surface area (TPSA) is 23.6 Å². The monoisotopic (exact) mass is 320 g/mol. The van der Waals surface area contributed by atoms with Gasteiger partial charge in [0, 0.05) is 30.6 Å². The predicted molar refractivity (Wildman–Crippen MR) is 89.9 cm³/mol. The summed E-state index contributed by atoms with van der Waals surface area (Å²) in [5.41, 5.74) is 1.26. The minimum absolute atomic E-state index is 0.244. The van der Waals surface area contributed by atoms with Crippen molar-refractivity contribution in [3.05, 3.63) is 34.9 Å². The van der Waals surface area contributed by atoms with Gasteiger partial charge in [-0.3, -0.25) is 9.69 Å². The van der Waals surface area contributed by atoms with Gasteiger partial charge in [0.1, 0.15) is 0 Å². The first-order valence-electron chi connectivity index (χ1n) is 8.48. The van der Waals surface area contributed by atoms with Crippen LogP contribution in [0.4, 0.5) is 0 Å². The molecule has 3 rings (SSSR count). The van der Waals surface area contributed by atoms with Gasteiger partial charge in [-0.2, -0.15) is 0 Å². The summed E-state index contributed by atoms with van der Waals surface area (Å²) in [6, 6.07) is 8.07. The first-order chi connectivity index (χ1) is 10.7. The van der Waals surface area contributed by atoms with Gasteiger partial charge in [0.2, 0.25) is 5.91 Å². The summed E-state index contributed by atoms with van der Waals surface area (Å²) >= 11 is 6.04. The van der Waals surface area contributed by atoms with Crippen LogP contribution in [0, 0.1) is 5.92 Å². The molecule has 0 saturated carbocycles. The number of carbonyl (C=O) groups excluding carboxylic acids is 1. The minimum atomic E-state index is 0.244. The third-order valence-electron chi connectivity index (χ3n) is 4.90. The Morgan fingerprint density at radius 3 is 2.50 bits per heavy atom. The number of piperidine rings is 2. The van der Waals surface area contributed by atoms with Crippen LogP contribution in [0.1, 0.15) is 37.7 Å². The van der Waals surface area contributed by atoms with E-state index in [1.54, 1.807) is 0 Å². The van der Waals surface area contributed by atoms with Crippen molar-refractivity contribution >= 4 is 17.5 Å². The van der Waals surface area contributed by atoms with E-state index in [4.69, 9.17) is 11.6 Å². The molecule has 1 amide bonds. The van der Waals surface area contributed by atoms with Gasteiger partial charge in [-0.05, 0) is 62.9 Å². The average molecular weight is 321 g/mol. The van der Waals surface area contributed by atoms with Crippen LogP contribution in [0.25, 0.3) is 0 Å². The largest absolute Gasteiger partial charge is 0.342 e. The van der Waals surface area contributed by atoms with Crippen molar-refractivity contribution in [1.29, 1.82) is 0 Å². The van der Waals surface area contributed by atoms with E-state index in [-0.39, 0.29) is 5.92 Å². The van der Waals surface area contributed by atoms with Crippen LogP contribution >= 0.6 is 11.6 Å². The van der Waals surface area contributed by atoms with E-state index in [0.29, 0.717) is 5.91 Å². The van der Waals surface area contributed by atoms with Gasteiger partial charge in [-0.1, -0.05) is 23.7 Å². The summed E-state index contributed by atoms with van der Waals surface area (Å²) in [6.07, 6.45) is 5.63. The lowest BCUT2D eigenvalue weighted by Crippen LogP contribution is -2.44. The Balaban J connectivity index is 1.48. The van der Waals surface area contributed by atoms with Crippen LogP contribution < -0.4 is 0 Å². The Morgan fingerprint density at radius 2 is 1.82 bits per heavy atom. The highest BCUT2D eigenvalue weighted by atomic mass is 35.5. The van der Waals surface area contributed by atoms with E-state index >= 15 is 0 Å². The standard InChI is InChI=1S/C18H25ClN2O/c19-17-6-4-5-15(13-17)14-20-11-7-16(8-12-20)18(22)21-9-2-1-3-10-21/h4-6,13,16H,1-3,7-12,14H2. The van der Waals surface area contributed by atoms with Crippen molar-refractivity contribution in [2.24, 2.45) is 5.92 Å². The second-order valence-corrected chi connectivity index (χ2v) is 7.00. The van der Waals surface area contributed by atoms with E-state index in [0.717, 1.165) is 50.6 Å². The van der Waals surface area contributed by atoms with Crippen molar-refractivity contribution in [1.82, 2.24) is 9.80 Å². The highest BCUT2D eigenvalue weighted by molar-refractivity contribution is 6.30. The van der Waals surface area contributed by atoms with Crippen molar-refractivity contribution in [2.45, 2.75) is 38.6 Å². The van der Waals surface area contributed by atoms with Gasteiger partial charge in [0.15, 0.2) is 0 Å². The first-order valence-corrected chi connectivity index (χ1v) is 8.86. The van der Waals surface area contributed by atoms with E-state index in [9.17, 15) is 4.79 Å². The first kappa shape index (κ1) is 15.8. The van der Waals surface area contributed by atoms with Gasteiger partial charge in [-0.25, -0.2) is 0 Å². The number of likely N-dealkylation sites (tertiary alicyclic amines) is 2. The fraction of sp³-hybridized carbons (Fsp3) is 0.611. The molecule has 3 nitrogen and oxygen atoms in total. The summed E-state index contributed by atoms with van der Waals surface area (Å²) in [6.45, 7) is 4.90. The number of carbonyl (C=O) groups is 1. The molecular formula is C18H25ClN2O. The SMILES string of the molecule is O=C(C1CCN(Cc2cccc(Cl)c2)CC1)N1CCCCC1. The lowest BCUT2D eigenvalue weighted by Gasteiger charge is -2.35. The van der Waals surface area contributed by atoms with Gasteiger partial charge >= 0.3 is 0 Å². The van der Waals surface area contributed by atoms with Crippen LogP contribution in [0.15, 0.2) is 24.3 Å². The summed E-state index contributed by atoms with van der Waals surface area (Å²) < 4.78 is 0. The number of nitrogens with zero attached hydrogens (tertiary/aromatic N) is 2. The Bertz CT molecular complexity index is 506. The second kappa shape index (κ2) is 7.47. The maximum absolute atomic E-state index is 12.6. The number of amides is 1. The molecule has 0 atom stereocenters. The predicted octanol–water partition coefficient (Wildman–Crippen LogP) is 3.56. The Labute approximate surface area is 138 Å². The number of rotatable bonds is 3. The van der Waals surface area contributed by atoms with E-state index in [1.807, 2.05) is 18.2 Å². The molecule has 120 valence electrons. The molecule has 0 aliphatic carbocycles. The Hall–Kier alpha value is -1.06. The van der Waals surface area contributed by atoms with Gasteiger partial charge < -0.3 is 4.90 Å². The lowest BCUT2D eigenvalue weighted by molar-refractivity contribution is -0.138. The number of benzene rings is 1. The molecule has 2 saturated heterocycles. The normalized spacial score (nSPS) is 21.0. The summed E-state index contributed by atoms with van der Waals surface area (Å²) in [4.78, 5) is 17.1. The van der Waals surface area contributed by atoms with Crippen LogP contribution in [-0.4, -0.2) is 41.9 Å². The van der Waals surface area contributed by atoms with Crippen LogP contribution in [0.3, 0.4) is 0 Å². The van der Waals surface area contributed by atoms with E-state index in [1.165, 1.54) is 24.8 Å². The minimum Gasteiger partial charge on any atom is -0.342 e. The molecule has 0 unspecified atom stereocenters. The zero-order valence-electron chi connectivity index (χ0n) is 13.1. The summed E-state index contributed by atoms with van der Waals surface area (Å²) in [5.74, 6) is 0.649. The Kier molecular flexibility index (Phi) is 5.37. The average Bonchev–Trinajstić information content (AvgIpc) is 2.56. The molecule has 1 aromatic rings. The smallest absolute Gasteiger partial charge is 0.225 e. The molecule has 0 radical (unpaired) electrons. The van der Waals surface area contributed by atoms with Crippen LogP contribution in [0.5, 0.6) is 0 Å². The number of halogens is 1. The molecule has 0 N–H and O–H groups in total. The van der Waals surface area contributed by atoms with Gasteiger partial charge in [0.05, 0.1) is 0 Å². The summed E-state index contributed by atoms with van der Waals surface area (Å²) in [5, 5.41) is 0.799. The zero-order valence-corrected chi connectivity index (χ0v) is 13.9. The van der Waals surface area contributed by atoms with Crippen molar-refractivity contribution < 1.29 is 4.79 Å². The molecule has 4 heteroatoms. The third-order valence-corrected chi connectivity index (χ3v) is 5.13. The molecule has 2 fully saturated rings. The molecule has 0 spiro atoms. The fourth-order valence-corrected chi connectivity index (χ4v) is 3.82. The number of hydrogen-bond acceptors (Lipinski definition) is 2. The quantitative estimate of drug-likeness (QED) is 0.850. The second-order valence-electron chi connectivity index (χ2n) is 6.57. The maximum atomic E-state index is 12.6. The molecule has 22 heavy (non-hydrogen) atoms. The van der Waals surface area contributed by atoms with Gasteiger partial charge in [-0.15, -0.1) is 0 Å². The summed E-state index contributed by atoms with van der Waals surface area (Å²) in [7, 11) is 0. The van der Waals surface area contributed by atoms with Crippen molar-refractivity contribution in [3.8, 4) is 0 Å². The molecule has 0 aromatic heterocycles. The van der Waals surface area contributed by atoms with Crippen molar-refractivity contribution in [2.75, 3.05) is 26.2 Å². The van der Waals surface area contributed by atoms with E-state index < -0.39 is 0 Å². The van der Waals surface area contributed by atoms with Crippen molar-refractivity contribution in [3.63, 3.8) is 0 Å². The third kappa shape index (κ3) is 4.02. The molecular weight excluding hydrogens is 296 g/mol. The number of hydrogen-bond donors (Lipinski definition) is 0. The molecule has 2 aliphatic heterocycles. The lowest BCUT2D eigenvalue weighted by atomic mass is 9.94. The molecule has 2 aliphatic rings.